The Bertz CT molecular complexity index is 950. The van der Waals surface area contributed by atoms with Crippen LogP contribution in [0.5, 0.6) is 0 Å². The smallest absolute Gasteiger partial charge is 0.416 e. The monoisotopic (exact) mass is 653 g/mol. The van der Waals surface area contributed by atoms with E-state index in [1.165, 1.54) is 88.9 Å². The third kappa shape index (κ3) is 17.8. The summed E-state index contributed by atoms with van der Waals surface area (Å²) in [6.07, 6.45) is 19.8. The maximum absolute atomic E-state index is 12.9. The van der Waals surface area contributed by atoms with E-state index in [-0.39, 0.29) is 24.9 Å². The van der Waals surface area contributed by atoms with Crippen LogP contribution in [-0.2, 0) is 32.1 Å². The van der Waals surface area contributed by atoms with Crippen LogP contribution in [0, 0.1) is 0 Å². The van der Waals surface area contributed by atoms with Crippen LogP contribution in [0.1, 0.15) is 136 Å². The van der Waals surface area contributed by atoms with Gasteiger partial charge in [0.1, 0.15) is 31.9 Å². The van der Waals surface area contributed by atoms with Crippen molar-refractivity contribution in [2.45, 2.75) is 155 Å². The van der Waals surface area contributed by atoms with Crippen LogP contribution in [0.25, 0.3) is 0 Å². The average Bonchev–Trinajstić information content (AvgIpc) is 3.03. The predicted molar refractivity (Wildman–Crippen MR) is 172 cm³/mol. The summed E-state index contributed by atoms with van der Waals surface area (Å²) in [5.74, 6) is -0.325. The molecule has 1 aliphatic rings. The fraction of sp³-hybridized carbons (Fsp3) is 0.771. The molecule has 1 saturated heterocycles. The van der Waals surface area contributed by atoms with E-state index in [4.69, 9.17) is 14.2 Å². The predicted octanol–water partition coefficient (Wildman–Crippen LogP) is 4.63. The van der Waals surface area contributed by atoms with Crippen LogP contribution in [0.4, 0.5) is 9.59 Å². The van der Waals surface area contributed by atoms with Crippen molar-refractivity contribution in [2.75, 3.05) is 19.8 Å². The Hall–Kier alpha value is -2.39. The molecule has 1 aromatic heterocycles. The first kappa shape index (κ1) is 40.6. The molecule has 258 valence electrons. The second-order valence-electron chi connectivity index (χ2n) is 12.0. The van der Waals surface area contributed by atoms with Crippen molar-refractivity contribution >= 4 is 18.1 Å². The molecule has 2 rings (SSSR count). The minimum atomic E-state index is -0.652. The summed E-state index contributed by atoms with van der Waals surface area (Å²) in [7, 11) is 0. The van der Waals surface area contributed by atoms with Crippen molar-refractivity contribution in [1.82, 2.24) is 10.2 Å². The highest BCUT2D eigenvalue weighted by Crippen LogP contribution is 2.20. The number of carbonyl (C=O) groups excluding carboxylic acids is 3. The van der Waals surface area contributed by atoms with Gasteiger partial charge in [0.25, 0.3) is 0 Å². The molecule has 3 amide bonds. The molecule has 0 aromatic carbocycles. The van der Waals surface area contributed by atoms with E-state index in [0.717, 1.165) is 37.9 Å². The number of amides is 3. The van der Waals surface area contributed by atoms with Crippen molar-refractivity contribution < 1.29 is 45.6 Å². The number of rotatable bonds is 22. The standard InChI is InChI=1S/C35H59N3O6.ClH/c1-4-6-7-8-9-10-11-12-13-14-15-16-17-18-20-26-38(30(3)39)35(41)44-32-24-22-27-42-33(32)29-43-34(40)36-28-31-23-19-21-25-37(31)5-2;/h19,21,23,25,32-33H,4-18,20,22,24,26-29H2,1-3H3;1H/t32-,33+;/m1./s1. The first-order valence-electron chi connectivity index (χ1n) is 17.4. The zero-order valence-electron chi connectivity index (χ0n) is 28.2. The zero-order chi connectivity index (χ0) is 31.8. The Morgan fingerprint density at radius 2 is 1.51 bits per heavy atom. The molecular weight excluding hydrogens is 594 g/mol. The summed E-state index contributed by atoms with van der Waals surface area (Å²) >= 11 is 0. The van der Waals surface area contributed by atoms with Gasteiger partial charge in [0.15, 0.2) is 6.20 Å². The first-order chi connectivity index (χ1) is 21.5. The maximum atomic E-state index is 12.9. The molecule has 1 fully saturated rings. The second kappa shape index (κ2) is 25.8. The lowest BCUT2D eigenvalue weighted by Gasteiger charge is -2.32. The van der Waals surface area contributed by atoms with Crippen LogP contribution in [-0.4, -0.2) is 55.0 Å². The number of aryl methyl sites for hydroxylation is 1. The van der Waals surface area contributed by atoms with Crippen molar-refractivity contribution in [3.63, 3.8) is 0 Å². The number of pyridine rings is 1. The van der Waals surface area contributed by atoms with Crippen molar-refractivity contribution in [3.05, 3.63) is 30.1 Å². The molecule has 2 heterocycles. The van der Waals surface area contributed by atoms with E-state index in [2.05, 4.69) is 12.2 Å². The molecule has 0 bridgehead atoms. The van der Waals surface area contributed by atoms with E-state index in [0.29, 0.717) is 26.1 Å². The summed E-state index contributed by atoms with van der Waals surface area (Å²) in [4.78, 5) is 38.7. The number of hydrogen-bond acceptors (Lipinski definition) is 6. The van der Waals surface area contributed by atoms with E-state index >= 15 is 0 Å². The molecule has 1 aliphatic heterocycles. The molecule has 1 N–H and O–H groups in total. The Morgan fingerprint density at radius 3 is 2.09 bits per heavy atom. The third-order valence-corrected chi connectivity index (χ3v) is 8.39. The largest absolute Gasteiger partial charge is 1.00 e. The van der Waals surface area contributed by atoms with Gasteiger partial charge in [-0.15, -0.1) is 0 Å². The second-order valence-corrected chi connectivity index (χ2v) is 12.0. The number of alkyl carbamates (subject to hydrolysis) is 1. The molecule has 0 unspecified atom stereocenters. The van der Waals surface area contributed by atoms with Gasteiger partial charge < -0.3 is 31.9 Å². The summed E-state index contributed by atoms with van der Waals surface area (Å²) in [6, 6.07) is 5.82. The lowest BCUT2D eigenvalue weighted by atomic mass is 10.0. The van der Waals surface area contributed by atoms with E-state index < -0.39 is 24.4 Å². The highest BCUT2D eigenvalue weighted by Gasteiger charge is 2.33. The fourth-order valence-corrected chi connectivity index (χ4v) is 5.67. The van der Waals surface area contributed by atoms with Gasteiger partial charge in [-0.05, 0) is 26.2 Å². The molecule has 10 heteroatoms. The molecule has 0 radical (unpaired) electrons. The number of hydrogen-bond donors (Lipinski definition) is 1. The Balaban J connectivity index is 0.0000101. The van der Waals surface area contributed by atoms with E-state index in [1.807, 2.05) is 35.9 Å². The van der Waals surface area contributed by atoms with Gasteiger partial charge in [0.05, 0.1) is 0 Å². The molecule has 0 spiro atoms. The lowest BCUT2D eigenvalue weighted by molar-refractivity contribution is -0.701. The van der Waals surface area contributed by atoms with E-state index in [1.54, 1.807) is 0 Å². The SMILES string of the molecule is CCCCCCCCCCCCCCCCCN(C(C)=O)C(=O)O[C@@H]1CCCO[C@H]1COC(=O)NCc1cccc[n+]1CC.[Cl-]. The number of imide groups is 1. The van der Waals surface area contributed by atoms with Gasteiger partial charge in [-0.1, -0.05) is 103 Å². The van der Waals surface area contributed by atoms with Gasteiger partial charge in [-0.3, -0.25) is 4.79 Å². The lowest BCUT2D eigenvalue weighted by Crippen LogP contribution is -3.00. The number of halogens is 1. The minimum absolute atomic E-state index is 0. The molecule has 1 aromatic rings. The van der Waals surface area contributed by atoms with Crippen molar-refractivity contribution in [1.29, 1.82) is 0 Å². The van der Waals surface area contributed by atoms with Crippen LogP contribution >= 0.6 is 0 Å². The summed E-state index contributed by atoms with van der Waals surface area (Å²) in [6.45, 7) is 7.64. The molecule has 0 saturated carbocycles. The molecule has 9 nitrogen and oxygen atoms in total. The van der Waals surface area contributed by atoms with Crippen molar-refractivity contribution in [2.24, 2.45) is 0 Å². The Kier molecular flexibility index (Phi) is 23.3. The summed E-state index contributed by atoms with van der Waals surface area (Å²) in [5, 5.41) is 2.77. The van der Waals surface area contributed by atoms with Crippen LogP contribution in [0.2, 0.25) is 0 Å². The number of ether oxygens (including phenoxy) is 3. The molecular formula is C35H60ClN3O6. The maximum Gasteiger partial charge on any atom is 0.416 e. The number of nitrogens with one attached hydrogen (secondary N) is 1. The molecule has 45 heavy (non-hydrogen) atoms. The number of carbonyl (C=O) groups is 3. The first-order valence-corrected chi connectivity index (χ1v) is 17.4. The molecule has 0 aliphatic carbocycles. The Labute approximate surface area is 278 Å². The zero-order valence-corrected chi connectivity index (χ0v) is 29.0. The quantitative estimate of drug-likeness (QED) is 0.145. The number of aromatic nitrogens is 1. The van der Waals surface area contributed by atoms with Gasteiger partial charge in [0, 0.05) is 32.2 Å². The Morgan fingerprint density at radius 1 is 0.911 bits per heavy atom. The van der Waals surface area contributed by atoms with Crippen LogP contribution in [0.3, 0.4) is 0 Å². The van der Waals surface area contributed by atoms with Crippen LogP contribution < -0.4 is 22.3 Å². The van der Waals surface area contributed by atoms with Gasteiger partial charge in [-0.2, -0.15) is 0 Å². The third-order valence-electron chi connectivity index (χ3n) is 8.39. The van der Waals surface area contributed by atoms with Crippen molar-refractivity contribution in [3.8, 4) is 0 Å². The highest BCUT2D eigenvalue weighted by atomic mass is 35.5. The number of nitrogens with zero attached hydrogens (tertiary/aromatic N) is 2. The highest BCUT2D eigenvalue weighted by molar-refractivity contribution is 5.90. The van der Waals surface area contributed by atoms with Gasteiger partial charge >= 0.3 is 12.2 Å². The average molecular weight is 654 g/mol. The summed E-state index contributed by atoms with van der Waals surface area (Å²) in [5.41, 5.74) is 0.964. The normalized spacial score (nSPS) is 16.0. The number of unbranched alkanes of at least 4 members (excludes halogenated alkanes) is 14. The topological polar surface area (TPSA) is 98.1 Å². The van der Waals surface area contributed by atoms with Gasteiger partial charge in [-0.25, -0.2) is 19.1 Å². The van der Waals surface area contributed by atoms with Gasteiger partial charge in [0.2, 0.25) is 11.6 Å². The van der Waals surface area contributed by atoms with Crippen LogP contribution in [0.15, 0.2) is 24.4 Å². The minimum Gasteiger partial charge on any atom is -1.00 e. The summed E-state index contributed by atoms with van der Waals surface area (Å²) < 4.78 is 18.9. The fourth-order valence-electron chi connectivity index (χ4n) is 5.67. The molecule has 2 atom stereocenters. The van der Waals surface area contributed by atoms with E-state index in [9.17, 15) is 14.4 Å².